The van der Waals surface area contributed by atoms with Crippen molar-refractivity contribution in [1.82, 2.24) is 19.2 Å². The molecule has 1 fully saturated rings. The van der Waals surface area contributed by atoms with Gasteiger partial charge in [-0.25, -0.2) is 13.8 Å². The fourth-order valence-corrected chi connectivity index (χ4v) is 4.90. The van der Waals surface area contributed by atoms with E-state index < -0.39 is 21.8 Å². The van der Waals surface area contributed by atoms with Gasteiger partial charge in [0.15, 0.2) is 16.8 Å². The largest absolute Gasteiger partial charge is 0.481 e. The van der Waals surface area contributed by atoms with Gasteiger partial charge in [0.25, 0.3) is 0 Å². The normalized spacial score (nSPS) is 14.5. The number of rotatable bonds is 8. The molecule has 1 amide bonds. The second-order valence-corrected chi connectivity index (χ2v) is 9.28. The Morgan fingerprint density at radius 1 is 1.24 bits per heavy atom. The van der Waals surface area contributed by atoms with E-state index in [-0.39, 0.29) is 79.2 Å². The van der Waals surface area contributed by atoms with E-state index in [2.05, 4.69) is 14.7 Å². The van der Waals surface area contributed by atoms with Crippen molar-refractivity contribution in [3.8, 4) is 5.88 Å². The molecule has 182 valence electrons. The first-order valence-corrected chi connectivity index (χ1v) is 11.9. The number of nitrogens with two attached hydrogens (primary N) is 1. The smallest absolute Gasteiger partial charge is 0.302 e. The predicted molar refractivity (Wildman–Crippen MR) is 122 cm³/mol. The fourth-order valence-electron chi connectivity index (χ4n) is 2.93. The van der Waals surface area contributed by atoms with Crippen LogP contribution < -0.4 is 15.2 Å². The van der Waals surface area contributed by atoms with Crippen LogP contribution in [0.1, 0.15) is 5.56 Å². The van der Waals surface area contributed by atoms with E-state index in [1.165, 1.54) is 34.5 Å². The van der Waals surface area contributed by atoms with Crippen LogP contribution in [0.4, 0.5) is 14.6 Å². The van der Waals surface area contributed by atoms with Gasteiger partial charge in [0, 0.05) is 43.6 Å². The number of methoxy groups -OCH3 is 1. The third kappa shape index (κ3) is 6.86. The number of hydrogen-bond acceptors (Lipinski definition) is 8. The average molecular weight is 525 g/mol. The van der Waals surface area contributed by atoms with Crippen LogP contribution >= 0.6 is 24.2 Å². The Bertz CT molecular complexity index is 1090. The topological polar surface area (TPSA) is 131 Å². The van der Waals surface area contributed by atoms with E-state index in [4.69, 9.17) is 10.5 Å². The van der Waals surface area contributed by atoms with Crippen molar-refractivity contribution in [3.63, 3.8) is 0 Å². The summed E-state index contributed by atoms with van der Waals surface area (Å²) in [5.41, 5.74) is 5.46. The van der Waals surface area contributed by atoms with Crippen LogP contribution in [0.2, 0.25) is 0 Å². The van der Waals surface area contributed by atoms with Crippen LogP contribution in [0.15, 0.2) is 29.4 Å². The van der Waals surface area contributed by atoms with Crippen LogP contribution in [0.25, 0.3) is 0 Å². The lowest BCUT2D eigenvalue weighted by molar-refractivity contribution is -0.130. The van der Waals surface area contributed by atoms with Gasteiger partial charge in [-0.15, -0.1) is 12.4 Å². The summed E-state index contributed by atoms with van der Waals surface area (Å²) >= 11 is 0.994. The fraction of sp³-hybridized carbons (Fsp3) is 0.389. The van der Waals surface area contributed by atoms with Crippen molar-refractivity contribution in [2.45, 2.75) is 10.9 Å². The standard InChI is InChI=1S/C18H22F2N6O4S2.ClH/c1-30-15-9-14(22-18(23-15)31-11-12-3-2-4-13(19)17(12)20)24-32(28,29)26-7-5-25(6-8-26)16(27)10-21;/h2-4,9H,5-8,10-11,21H2,1H3,(H,22,23,24);1H. The SMILES string of the molecule is COc1cc(NS(=O)(=O)N2CCN(C(=O)CN)CC2)nc(SCc2cccc(F)c2F)n1.Cl. The van der Waals surface area contributed by atoms with Crippen LogP contribution in [-0.4, -0.2) is 73.3 Å². The zero-order chi connectivity index (χ0) is 23.3. The molecule has 1 saturated heterocycles. The Morgan fingerprint density at radius 3 is 2.58 bits per heavy atom. The number of aromatic nitrogens is 2. The summed E-state index contributed by atoms with van der Waals surface area (Å²) in [6, 6.07) is 5.15. The highest BCUT2D eigenvalue weighted by Crippen LogP contribution is 2.26. The van der Waals surface area contributed by atoms with Gasteiger partial charge in [0.1, 0.15) is 5.82 Å². The molecule has 3 rings (SSSR count). The van der Waals surface area contributed by atoms with Gasteiger partial charge in [-0.05, 0) is 6.07 Å². The molecule has 1 aromatic heterocycles. The van der Waals surface area contributed by atoms with Crippen molar-refractivity contribution in [2.75, 3.05) is 44.6 Å². The first-order valence-electron chi connectivity index (χ1n) is 9.48. The number of thioether (sulfide) groups is 1. The highest BCUT2D eigenvalue weighted by Gasteiger charge is 2.29. The molecule has 1 aromatic carbocycles. The second-order valence-electron chi connectivity index (χ2n) is 6.67. The Kier molecular flexibility index (Phi) is 9.60. The molecule has 1 aliphatic rings. The lowest BCUT2D eigenvalue weighted by atomic mass is 10.2. The Hall–Kier alpha value is -2.26. The van der Waals surface area contributed by atoms with Gasteiger partial charge < -0.3 is 15.4 Å². The van der Waals surface area contributed by atoms with Crippen molar-refractivity contribution in [1.29, 1.82) is 0 Å². The number of amides is 1. The molecule has 0 bridgehead atoms. The molecule has 10 nitrogen and oxygen atoms in total. The number of carbonyl (C=O) groups excluding carboxylic acids is 1. The summed E-state index contributed by atoms with van der Waals surface area (Å²) < 4.78 is 61.5. The number of ether oxygens (including phenoxy) is 1. The molecule has 0 atom stereocenters. The van der Waals surface area contributed by atoms with E-state index in [1.54, 1.807) is 0 Å². The van der Waals surface area contributed by atoms with Crippen LogP contribution in [0.5, 0.6) is 5.88 Å². The van der Waals surface area contributed by atoms with Gasteiger partial charge in [-0.1, -0.05) is 23.9 Å². The molecule has 3 N–H and O–H groups in total. The molecular formula is C18H23ClF2N6O4S2. The van der Waals surface area contributed by atoms with Gasteiger partial charge in [0.05, 0.1) is 13.7 Å². The molecule has 0 unspecified atom stereocenters. The average Bonchev–Trinajstić information content (AvgIpc) is 2.79. The van der Waals surface area contributed by atoms with E-state index >= 15 is 0 Å². The molecule has 15 heteroatoms. The number of benzene rings is 1. The van der Waals surface area contributed by atoms with E-state index in [0.717, 1.165) is 17.8 Å². The molecule has 33 heavy (non-hydrogen) atoms. The number of hydrogen-bond donors (Lipinski definition) is 2. The summed E-state index contributed by atoms with van der Waals surface area (Å²) in [5.74, 6) is -2.09. The summed E-state index contributed by atoms with van der Waals surface area (Å²) in [5, 5.41) is 0.115. The minimum Gasteiger partial charge on any atom is -0.481 e. The maximum absolute atomic E-state index is 13.9. The highest BCUT2D eigenvalue weighted by atomic mass is 35.5. The van der Waals surface area contributed by atoms with Crippen LogP contribution in [-0.2, 0) is 20.8 Å². The molecule has 1 aliphatic heterocycles. The van der Waals surface area contributed by atoms with Crippen molar-refractivity contribution in [3.05, 3.63) is 41.5 Å². The third-order valence-electron chi connectivity index (χ3n) is 4.62. The van der Waals surface area contributed by atoms with E-state index in [1.807, 2.05) is 0 Å². The molecule has 2 aromatic rings. The monoisotopic (exact) mass is 524 g/mol. The minimum absolute atomic E-state index is 0. The van der Waals surface area contributed by atoms with E-state index in [0.29, 0.717) is 0 Å². The minimum atomic E-state index is -3.96. The number of halogens is 3. The third-order valence-corrected chi connectivity index (χ3v) is 7.03. The van der Waals surface area contributed by atoms with Gasteiger partial charge in [0.2, 0.25) is 11.8 Å². The molecule has 0 saturated carbocycles. The van der Waals surface area contributed by atoms with Crippen molar-refractivity contribution >= 4 is 46.1 Å². The second kappa shape index (κ2) is 11.7. The zero-order valence-electron chi connectivity index (χ0n) is 17.5. The number of nitrogens with one attached hydrogen (secondary N) is 1. The molecule has 0 aliphatic carbocycles. The van der Waals surface area contributed by atoms with Gasteiger partial charge in [-0.3, -0.25) is 9.52 Å². The van der Waals surface area contributed by atoms with Gasteiger partial charge in [-0.2, -0.15) is 17.7 Å². The Morgan fingerprint density at radius 2 is 1.94 bits per heavy atom. The van der Waals surface area contributed by atoms with Crippen molar-refractivity contribution < 1.29 is 26.7 Å². The van der Waals surface area contributed by atoms with Crippen LogP contribution in [0, 0.1) is 11.6 Å². The predicted octanol–water partition coefficient (Wildman–Crippen LogP) is 1.24. The first-order chi connectivity index (χ1) is 15.2. The number of carbonyl (C=O) groups is 1. The summed E-state index contributed by atoms with van der Waals surface area (Å²) in [7, 11) is -2.61. The van der Waals surface area contributed by atoms with Gasteiger partial charge >= 0.3 is 10.2 Å². The zero-order valence-corrected chi connectivity index (χ0v) is 20.0. The molecule has 0 spiro atoms. The lowest BCUT2D eigenvalue weighted by Gasteiger charge is -2.33. The summed E-state index contributed by atoms with van der Waals surface area (Å²) in [4.78, 5) is 21.4. The first kappa shape index (κ1) is 27.0. The summed E-state index contributed by atoms with van der Waals surface area (Å²) in [6.07, 6.45) is 0. The molecular weight excluding hydrogens is 502 g/mol. The lowest BCUT2D eigenvalue weighted by Crippen LogP contribution is -2.53. The Labute approximate surface area is 200 Å². The maximum Gasteiger partial charge on any atom is 0.302 e. The highest BCUT2D eigenvalue weighted by molar-refractivity contribution is 7.98. The number of anilines is 1. The maximum atomic E-state index is 13.9. The molecule has 0 radical (unpaired) electrons. The summed E-state index contributed by atoms with van der Waals surface area (Å²) in [6.45, 7) is 0.522. The Balaban J connectivity index is 0.00000385. The van der Waals surface area contributed by atoms with Crippen molar-refractivity contribution in [2.24, 2.45) is 5.73 Å². The van der Waals surface area contributed by atoms with Crippen LogP contribution in [0.3, 0.4) is 0 Å². The number of nitrogens with zero attached hydrogens (tertiary/aromatic N) is 4. The van der Waals surface area contributed by atoms with E-state index in [9.17, 15) is 22.0 Å². The quantitative estimate of drug-likeness (QED) is 0.389. The number of piperazine rings is 1. The molecule has 2 heterocycles.